The lowest BCUT2D eigenvalue weighted by atomic mass is 9.43. The highest BCUT2D eigenvalue weighted by Gasteiger charge is 2.64. The van der Waals surface area contributed by atoms with E-state index in [4.69, 9.17) is 0 Å². The Morgan fingerprint density at radius 3 is 2.44 bits per heavy atom. The van der Waals surface area contributed by atoms with Gasteiger partial charge in [0, 0.05) is 18.3 Å². The molecule has 0 radical (unpaired) electrons. The molecule has 25 heavy (non-hydrogen) atoms. The normalized spacial score (nSPS) is 55.2. The van der Waals surface area contributed by atoms with Crippen LogP contribution in [0.4, 0.5) is 0 Å². The molecule has 0 aromatic carbocycles. The van der Waals surface area contributed by atoms with Crippen molar-refractivity contribution in [1.29, 1.82) is 0 Å². The molecule has 4 fully saturated rings. The van der Waals surface area contributed by atoms with Crippen LogP contribution in [0.2, 0.25) is 0 Å². The summed E-state index contributed by atoms with van der Waals surface area (Å²) in [6.07, 6.45) is 7.57. The van der Waals surface area contributed by atoms with Gasteiger partial charge in [-0.3, -0.25) is 9.59 Å². The summed E-state index contributed by atoms with van der Waals surface area (Å²) >= 11 is 0. The van der Waals surface area contributed by atoms with E-state index in [0.29, 0.717) is 30.0 Å². The molecule has 4 aliphatic rings. The van der Waals surface area contributed by atoms with E-state index in [0.717, 1.165) is 44.9 Å². The highest BCUT2D eigenvalue weighted by atomic mass is 16.3. The predicted octanol–water partition coefficient (Wildman–Crippen LogP) is 4.16. The zero-order valence-corrected chi connectivity index (χ0v) is 16.3. The molecule has 0 aromatic rings. The van der Waals surface area contributed by atoms with Crippen LogP contribution in [-0.2, 0) is 9.59 Å². The summed E-state index contributed by atoms with van der Waals surface area (Å²) in [7, 11) is 0. The van der Waals surface area contributed by atoms with E-state index < -0.39 is 5.60 Å². The van der Waals surface area contributed by atoms with Gasteiger partial charge in [0.2, 0.25) is 0 Å². The van der Waals surface area contributed by atoms with Crippen molar-refractivity contribution < 1.29 is 14.7 Å². The number of fused-ring (bicyclic) bond motifs is 5. The molecule has 0 saturated heterocycles. The topological polar surface area (TPSA) is 54.4 Å². The average molecular weight is 347 g/mol. The highest BCUT2D eigenvalue weighted by molar-refractivity contribution is 5.87. The SMILES string of the molecule is CC(=O)[C@H]1CC[C@H]2[C@@H]3CC[C@H]4C[C@](C)(O)CC[C@]4(C)[C@H]3C(=O)C[C@]12C. The van der Waals surface area contributed by atoms with E-state index in [1.54, 1.807) is 6.92 Å². The molecule has 0 heterocycles. The van der Waals surface area contributed by atoms with Crippen LogP contribution < -0.4 is 0 Å². The maximum Gasteiger partial charge on any atom is 0.137 e. The lowest BCUT2D eigenvalue weighted by molar-refractivity contribution is -0.168. The van der Waals surface area contributed by atoms with E-state index in [1.165, 1.54) is 0 Å². The smallest absolute Gasteiger partial charge is 0.137 e. The van der Waals surface area contributed by atoms with Crippen molar-refractivity contribution in [3.8, 4) is 0 Å². The van der Waals surface area contributed by atoms with E-state index in [-0.39, 0.29) is 28.4 Å². The molecule has 0 aromatic heterocycles. The molecule has 3 heteroatoms. The number of carbonyl (C=O) groups is 2. The zero-order valence-electron chi connectivity index (χ0n) is 16.3. The van der Waals surface area contributed by atoms with E-state index in [1.807, 2.05) is 6.92 Å². The van der Waals surface area contributed by atoms with Crippen molar-refractivity contribution in [2.75, 3.05) is 0 Å². The minimum Gasteiger partial charge on any atom is -0.390 e. The Hall–Kier alpha value is -0.700. The Bertz CT molecular complexity index is 608. The largest absolute Gasteiger partial charge is 0.390 e. The van der Waals surface area contributed by atoms with Gasteiger partial charge < -0.3 is 5.11 Å². The second-order valence-corrected chi connectivity index (χ2v) is 10.6. The maximum absolute atomic E-state index is 13.4. The number of carbonyl (C=O) groups excluding carboxylic acids is 2. The fourth-order valence-electron chi connectivity index (χ4n) is 7.91. The second kappa shape index (κ2) is 5.41. The molecule has 1 N–H and O–H groups in total. The van der Waals surface area contributed by atoms with Crippen LogP contribution in [0.15, 0.2) is 0 Å². The predicted molar refractivity (Wildman–Crippen MR) is 96.9 cm³/mol. The van der Waals surface area contributed by atoms with Crippen LogP contribution in [0, 0.1) is 40.4 Å². The third-order valence-electron chi connectivity index (χ3n) is 9.13. The Labute approximate surface area is 151 Å². The van der Waals surface area contributed by atoms with Gasteiger partial charge >= 0.3 is 0 Å². The first-order valence-electron chi connectivity index (χ1n) is 10.3. The van der Waals surface area contributed by atoms with Gasteiger partial charge in [0.25, 0.3) is 0 Å². The van der Waals surface area contributed by atoms with Crippen molar-refractivity contribution in [2.24, 2.45) is 40.4 Å². The number of aliphatic hydroxyl groups is 1. The van der Waals surface area contributed by atoms with Crippen LogP contribution in [0.25, 0.3) is 0 Å². The first-order chi connectivity index (χ1) is 11.6. The molecular formula is C22H34O3. The molecule has 4 aliphatic carbocycles. The third-order valence-corrected chi connectivity index (χ3v) is 9.13. The summed E-state index contributed by atoms with van der Waals surface area (Å²) in [5.41, 5.74) is -0.609. The molecular weight excluding hydrogens is 312 g/mol. The van der Waals surface area contributed by atoms with Gasteiger partial charge in [-0.25, -0.2) is 0 Å². The summed E-state index contributed by atoms with van der Waals surface area (Å²) in [6.45, 7) is 8.25. The Kier molecular flexibility index (Phi) is 3.83. The fourth-order valence-corrected chi connectivity index (χ4v) is 7.91. The van der Waals surface area contributed by atoms with Crippen LogP contribution in [0.3, 0.4) is 0 Å². The summed E-state index contributed by atoms with van der Waals surface area (Å²) in [5.74, 6) is 2.40. The standard InChI is InChI=1S/C22H34O3/c1-13(23)16-7-8-17-15-6-5-14-11-20(2,25)9-10-21(14,3)19(15)18(24)12-22(16,17)4/h14-17,19,25H,5-12H2,1-4H3/t14-,15-,16+,17-,19+,20+,21-,22+/m0/s1. The maximum atomic E-state index is 13.4. The molecule has 0 unspecified atom stereocenters. The van der Waals surface area contributed by atoms with Gasteiger partial charge in [-0.15, -0.1) is 0 Å². The van der Waals surface area contributed by atoms with Crippen LogP contribution >= 0.6 is 0 Å². The van der Waals surface area contributed by atoms with Crippen LogP contribution in [0.5, 0.6) is 0 Å². The van der Waals surface area contributed by atoms with E-state index >= 15 is 0 Å². The number of Topliss-reactive ketones (excluding diaryl/α,β-unsaturated/α-hetero) is 2. The lowest BCUT2D eigenvalue weighted by Crippen LogP contribution is -2.59. The Morgan fingerprint density at radius 2 is 1.76 bits per heavy atom. The van der Waals surface area contributed by atoms with Crippen molar-refractivity contribution in [1.82, 2.24) is 0 Å². The number of ketones is 2. The molecule has 4 saturated carbocycles. The van der Waals surface area contributed by atoms with Crippen molar-refractivity contribution in [2.45, 2.75) is 84.7 Å². The minimum atomic E-state index is -0.559. The fraction of sp³-hybridized carbons (Fsp3) is 0.909. The van der Waals surface area contributed by atoms with Crippen LogP contribution in [0.1, 0.15) is 79.1 Å². The first kappa shape index (κ1) is 17.7. The average Bonchev–Trinajstić information content (AvgIpc) is 2.84. The summed E-state index contributed by atoms with van der Waals surface area (Å²) in [4.78, 5) is 25.6. The Balaban J connectivity index is 1.68. The summed E-state index contributed by atoms with van der Waals surface area (Å²) in [6, 6.07) is 0. The third kappa shape index (κ3) is 2.40. The molecule has 0 bridgehead atoms. The first-order valence-corrected chi connectivity index (χ1v) is 10.3. The molecule has 0 amide bonds. The van der Waals surface area contributed by atoms with Crippen molar-refractivity contribution in [3.05, 3.63) is 0 Å². The number of hydrogen-bond acceptors (Lipinski definition) is 3. The highest BCUT2D eigenvalue weighted by Crippen LogP contribution is 2.67. The Morgan fingerprint density at radius 1 is 1.04 bits per heavy atom. The lowest BCUT2D eigenvalue weighted by Gasteiger charge is -2.60. The van der Waals surface area contributed by atoms with Gasteiger partial charge in [0.15, 0.2) is 0 Å². The quantitative estimate of drug-likeness (QED) is 0.775. The van der Waals surface area contributed by atoms with Crippen molar-refractivity contribution in [3.63, 3.8) is 0 Å². The number of rotatable bonds is 1. The van der Waals surface area contributed by atoms with Gasteiger partial charge in [-0.2, -0.15) is 0 Å². The summed E-state index contributed by atoms with van der Waals surface area (Å²) in [5, 5.41) is 10.6. The molecule has 8 atom stereocenters. The summed E-state index contributed by atoms with van der Waals surface area (Å²) < 4.78 is 0. The molecule has 140 valence electrons. The number of hydrogen-bond donors (Lipinski definition) is 1. The molecule has 0 aliphatic heterocycles. The van der Waals surface area contributed by atoms with Gasteiger partial charge in [-0.1, -0.05) is 13.8 Å². The van der Waals surface area contributed by atoms with Crippen molar-refractivity contribution >= 4 is 11.6 Å². The molecule has 3 nitrogen and oxygen atoms in total. The van der Waals surface area contributed by atoms with Gasteiger partial charge in [-0.05, 0) is 87.4 Å². The minimum absolute atomic E-state index is 0.0535. The second-order valence-electron chi connectivity index (χ2n) is 10.6. The van der Waals surface area contributed by atoms with E-state index in [9.17, 15) is 14.7 Å². The van der Waals surface area contributed by atoms with Crippen LogP contribution in [-0.4, -0.2) is 22.3 Å². The van der Waals surface area contributed by atoms with Gasteiger partial charge in [0.1, 0.15) is 11.6 Å². The molecule has 4 rings (SSSR count). The van der Waals surface area contributed by atoms with E-state index in [2.05, 4.69) is 13.8 Å². The monoisotopic (exact) mass is 346 g/mol. The molecule has 0 spiro atoms. The van der Waals surface area contributed by atoms with Gasteiger partial charge in [0.05, 0.1) is 5.60 Å². The zero-order chi connectivity index (χ0) is 18.2.